The normalized spacial score (nSPS) is 18.1. The van der Waals surface area contributed by atoms with E-state index in [1.165, 1.54) is 12.0 Å². The van der Waals surface area contributed by atoms with Crippen molar-refractivity contribution in [3.05, 3.63) is 88.7 Å². The smallest absolute Gasteiger partial charge is 0.113 e. The Morgan fingerprint density at radius 3 is 2.23 bits per heavy atom. The van der Waals surface area contributed by atoms with E-state index in [1.807, 2.05) is 42.6 Å². The number of benzene rings is 2. The Hall–Kier alpha value is -2.27. The lowest BCUT2D eigenvalue weighted by molar-refractivity contribution is 0.923. The molecule has 1 aromatic heterocycles. The molecule has 0 saturated heterocycles. The van der Waals surface area contributed by atoms with Crippen LogP contribution in [0.2, 0.25) is 5.02 Å². The lowest BCUT2D eigenvalue weighted by Crippen LogP contribution is -1.86. The average Bonchev–Trinajstić information content (AvgIpc) is 3.48. The van der Waals surface area contributed by atoms with Crippen LogP contribution in [0.5, 0.6) is 0 Å². The molecule has 4 rings (SSSR count). The first kappa shape index (κ1) is 17.2. The van der Waals surface area contributed by atoms with Crippen LogP contribution in [0, 0.1) is 17.8 Å². The van der Waals surface area contributed by atoms with Crippen LogP contribution >= 0.6 is 23.2 Å². The Bertz CT molecular complexity index is 948. The van der Waals surface area contributed by atoms with Gasteiger partial charge in [-0.3, -0.25) is 0 Å². The second-order valence-corrected chi connectivity index (χ2v) is 7.31. The molecule has 1 aliphatic rings. The van der Waals surface area contributed by atoms with Gasteiger partial charge in [0, 0.05) is 28.2 Å². The third-order valence-corrected chi connectivity index (χ3v) is 5.38. The van der Waals surface area contributed by atoms with Crippen LogP contribution in [0.15, 0.2) is 66.9 Å². The molecule has 0 amide bonds. The van der Waals surface area contributed by atoms with Crippen molar-refractivity contribution in [2.45, 2.75) is 12.3 Å². The van der Waals surface area contributed by atoms with E-state index in [4.69, 9.17) is 23.2 Å². The molecule has 0 spiro atoms. The lowest BCUT2D eigenvalue weighted by Gasteiger charge is -2.01. The first-order valence-corrected chi connectivity index (χ1v) is 9.54. The number of pyridine rings is 1. The van der Waals surface area contributed by atoms with Crippen LogP contribution in [-0.4, -0.2) is 10.9 Å². The van der Waals surface area contributed by atoms with Gasteiger partial charge in [-0.1, -0.05) is 47.9 Å². The molecule has 0 unspecified atom stereocenters. The number of rotatable bonds is 3. The maximum atomic E-state index is 5.93. The molecular weight excluding hydrogens is 361 g/mol. The molecule has 3 aromatic rings. The number of hydrogen-bond acceptors (Lipinski definition) is 1. The Morgan fingerprint density at radius 2 is 1.62 bits per heavy atom. The minimum absolute atomic E-state index is 0.636. The number of halogens is 2. The van der Waals surface area contributed by atoms with Gasteiger partial charge in [-0.15, -0.1) is 11.6 Å². The van der Waals surface area contributed by atoms with Crippen molar-refractivity contribution in [1.82, 2.24) is 4.98 Å². The maximum Gasteiger partial charge on any atom is 0.113 e. The summed E-state index contributed by atoms with van der Waals surface area (Å²) in [7, 11) is 0. The first-order chi connectivity index (χ1) is 12.7. The number of aromatic nitrogens is 1. The minimum Gasteiger partial charge on any atom is -0.247 e. The van der Waals surface area contributed by atoms with Gasteiger partial charge in [0.1, 0.15) is 5.69 Å². The molecule has 0 N–H and O–H groups in total. The van der Waals surface area contributed by atoms with Crippen molar-refractivity contribution in [1.29, 1.82) is 0 Å². The minimum atomic E-state index is 0.636. The molecule has 2 aromatic carbocycles. The van der Waals surface area contributed by atoms with Gasteiger partial charge in [0.25, 0.3) is 0 Å². The SMILES string of the molecule is ClC[C@@H]1C[C@H]1c1ccc(C#Cc2ccc(-c3ccc(Cl)cc3)cn2)cc1. The highest BCUT2D eigenvalue weighted by Gasteiger charge is 2.37. The van der Waals surface area contributed by atoms with Crippen LogP contribution in [0.4, 0.5) is 0 Å². The van der Waals surface area contributed by atoms with E-state index in [9.17, 15) is 0 Å². The van der Waals surface area contributed by atoms with Crippen LogP contribution in [0.1, 0.15) is 29.2 Å². The fourth-order valence-electron chi connectivity index (χ4n) is 3.06. The summed E-state index contributed by atoms with van der Waals surface area (Å²) in [6, 6.07) is 20.2. The molecule has 1 fully saturated rings. The van der Waals surface area contributed by atoms with Gasteiger partial charge >= 0.3 is 0 Å². The zero-order chi connectivity index (χ0) is 17.9. The van der Waals surface area contributed by atoms with E-state index in [2.05, 4.69) is 41.1 Å². The molecular formula is C23H17Cl2N. The number of hydrogen-bond donors (Lipinski definition) is 0. The summed E-state index contributed by atoms with van der Waals surface area (Å²) in [5, 5.41) is 0.732. The van der Waals surface area contributed by atoms with E-state index >= 15 is 0 Å². The van der Waals surface area contributed by atoms with Gasteiger partial charge in [-0.05, 0) is 65.6 Å². The average molecular weight is 378 g/mol. The predicted molar refractivity (Wildman–Crippen MR) is 109 cm³/mol. The second-order valence-electron chi connectivity index (χ2n) is 6.57. The highest BCUT2D eigenvalue weighted by Crippen LogP contribution is 2.47. The fraction of sp³-hybridized carbons (Fsp3) is 0.174. The first-order valence-electron chi connectivity index (χ1n) is 8.63. The zero-order valence-electron chi connectivity index (χ0n) is 14.1. The molecule has 1 saturated carbocycles. The van der Waals surface area contributed by atoms with E-state index in [0.29, 0.717) is 11.8 Å². The Morgan fingerprint density at radius 1 is 0.885 bits per heavy atom. The molecule has 1 heterocycles. The molecule has 128 valence electrons. The standard InChI is InChI=1S/C23H17Cl2N/c24-14-20-13-23(20)18-4-1-16(2-5-18)3-11-22-12-8-19(15-26-22)17-6-9-21(25)10-7-17/h1-2,4-10,12,15,20,23H,13-14H2/t20-,23-/m0/s1. The molecule has 1 nitrogen and oxygen atoms in total. The Balaban J connectivity index is 1.45. The van der Waals surface area contributed by atoms with Gasteiger partial charge in [0.05, 0.1) is 0 Å². The van der Waals surface area contributed by atoms with Gasteiger partial charge in [0.15, 0.2) is 0 Å². The summed E-state index contributed by atoms with van der Waals surface area (Å²) in [4.78, 5) is 4.45. The monoisotopic (exact) mass is 377 g/mol. The second kappa shape index (κ2) is 7.54. The van der Waals surface area contributed by atoms with Crippen molar-refractivity contribution >= 4 is 23.2 Å². The van der Waals surface area contributed by atoms with E-state index < -0.39 is 0 Å². The van der Waals surface area contributed by atoms with Crippen molar-refractivity contribution in [2.75, 3.05) is 5.88 Å². The molecule has 0 bridgehead atoms. The number of alkyl halides is 1. The molecule has 3 heteroatoms. The van der Waals surface area contributed by atoms with Crippen molar-refractivity contribution < 1.29 is 0 Å². The third kappa shape index (κ3) is 3.93. The lowest BCUT2D eigenvalue weighted by atomic mass is 10.1. The molecule has 1 aliphatic carbocycles. The highest BCUT2D eigenvalue weighted by molar-refractivity contribution is 6.30. The quantitative estimate of drug-likeness (QED) is 0.394. The number of nitrogens with zero attached hydrogens (tertiary/aromatic N) is 1. The summed E-state index contributed by atoms with van der Waals surface area (Å²) in [5.74, 6) is 8.35. The van der Waals surface area contributed by atoms with Crippen molar-refractivity contribution in [2.24, 2.45) is 5.92 Å². The Kier molecular flexibility index (Phi) is 4.98. The topological polar surface area (TPSA) is 12.9 Å². The zero-order valence-corrected chi connectivity index (χ0v) is 15.6. The largest absolute Gasteiger partial charge is 0.247 e. The fourth-order valence-corrected chi connectivity index (χ4v) is 3.52. The van der Waals surface area contributed by atoms with Crippen LogP contribution in [0.3, 0.4) is 0 Å². The maximum absolute atomic E-state index is 5.93. The van der Waals surface area contributed by atoms with Gasteiger partial charge in [-0.2, -0.15) is 0 Å². The van der Waals surface area contributed by atoms with Gasteiger partial charge in [0.2, 0.25) is 0 Å². The van der Waals surface area contributed by atoms with E-state index in [0.717, 1.165) is 33.3 Å². The summed E-state index contributed by atoms with van der Waals surface area (Å²) in [6.45, 7) is 0. The Labute approximate surface area is 164 Å². The van der Waals surface area contributed by atoms with Gasteiger partial charge < -0.3 is 0 Å². The van der Waals surface area contributed by atoms with Crippen LogP contribution < -0.4 is 0 Å². The van der Waals surface area contributed by atoms with E-state index in [-0.39, 0.29) is 0 Å². The molecule has 26 heavy (non-hydrogen) atoms. The predicted octanol–water partition coefficient (Wildman–Crippen LogP) is 6.14. The van der Waals surface area contributed by atoms with Crippen molar-refractivity contribution in [3.8, 4) is 23.0 Å². The van der Waals surface area contributed by atoms with Crippen LogP contribution in [-0.2, 0) is 0 Å². The molecule has 0 aliphatic heterocycles. The highest BCUT2D eigenvalue weighted by atomic mass is 35.5. The van der Waals surface area contributed by atoms with E-state index in [1.54, 1.807) is 0 Å². The summed E-state index contributed by atoms with van der Waals surface area (Å²) in [6.07, 6.45) is 3.05. The summed E-state index contributed by atoms with van der Waals surface area (Å²) in [5.41, 5.74) is 5.27. The van der Waals surface area contributed by atoms with Crippen LogP contribution in [0.25, 0.3) is 11.1 Å². The third-order valence-electron chi connectivity index (χ3n) is 4.74. The summed E-state index contributed by atoms with van der Waals surface area (Å²) >= 11 is 11.8. The summed E-state index contributed by atoms with van der Waals surface area (Å²) < 4.78 is 0. The van der Waals surface area contributed by atoms with Gasteiger partial charge in [-0.25, -0.2) is 4.98 Å². The van der Waals surface area contributed by atoms with Crippen molar-refractivity contribution in [3.63, 3.8) is 0 Å². The molecule has 2 atom stereocenters. The molecule has 0 radical (unpaired) electrons.